The number of hydrogen-bond donors (Lipinski definition) is 2. The van der Waals surface area contributed by atoms with Crippen molar-refractivity contribution in [1.82, 2.24) is 15.5 Å². The highest BCUT2D eigenvalue weighted by Crippen LogP contribution is 2.08. The number of rotatable bonds is 3. The van der Waals surface area contributed by atoms with Gasteiger partial charge in [0.1, 0.15) is 0 Å². The molecule has 1 heterocycles. The van der Waals surface area contributed by atoms with Crippen LogP contribution in [-0.4, -0.2) is 16.2 Å². The Bertz CT molecular complexity index is 231. The Labute approximate surface area is 73.6 Å². The van der Waals surface area contributed by atoms with Crippen molar-refractivity contribution in [3.8, 4) is 0 Å². The Balaban J connectivity index is 2.62. The van der Waals surface area contributed by atoms with Crippen LogP contribution in [0, 0.1) is 13.8 Å². The summed E-state index contributed by atoms with van der Waals surface area (Å²) < 4.78 is 0. The van der Waals surface area contributed by atoms with Crippen LogP contribution in [0.5, 0.6) is 0 Å². The van der Waals surface area contributed by atoms with Gasteiger partial charge in [-0.3, -0.25) is 5.10 Å². The van der Waals surface area contributed by atoms with Crippen molar-refractivity contribution < 1.29 is 0 Å². The molecule has 0 fully saturated rings. The predicted molar refractivity (Wildman–Crippen MR) is 50.0 cm³/mol. The molecule has 0 spiro atoms. The van der Waals surface area contributed by atoms with Gasteiger partial charge in [0.15, 0.2) is 0 Å². The molecule has 12 heavy (non-hydrogen) atoms. The lowest BCUT2D eigenvalue weighted by Crippen LogP contribution is -2.22. The van der Waals surface area contributed by atoms with E-state index in [-0.39, 0.29) is 0 Å². The molecule has 0 aliphatic carbocycles. The molecule has 0 unspecified atom stereocenters. The zero-order valence-corrected chi connectivity index (χ0v) is 8.23. The highest BCUT2D eigenvalue weighted by atomic mass is 15.1. The van der Waals surface area contributed by atoms with Crippen LogP contribution in [0.2, 0.25) is 0 Å². The summed E-state index contributed by atoms with van der Waals surface area (Å²) in [6.45, 7) is 9.28. The molecular formula is C9H17N3. The monoisotopic (exact) mass is 167 g/mol. The van der Waals surface area contributed by atoms with E-state index >= 15 is 0 Å². The summed E-state index contributed by atoms with van der Waals surface area (Å²) in [5, 5.41) is 10.5. The van der Waals surface area contributed by atoms with E-state index in [0.29, 0.717) is 6.04 Å². The van der Waals surface area contributed by atoms with E-state index in [4.69, 9.17) is 0 Å². The number of hydrogen-bond acceptors (Lipinski definition) is 2. The lowest BCUT2D eigenvalue weighted by Gasteiger charge is -2.07. The first-order valence-electron chi connectivity index (χ1n) is 4.35. The minimum atomic E-state index is 0.527. The molecule has 1 aromatic heterocycles. The molecule has 0 amide bonds. The normalized spacial score (nSPS) is 11.1. The summed E-state index contributed by atoms with van der Waals surface area (Å²) in [7, 11) is 0. The van der Waals surface area contributed by atoms with Crippen molar-refractivity contribution >= 4 is 0 Å². The van der Waals surface area contributed by atoms with Crippen LogP contribution in [0.4, 0.5) is 0 Å². The van der Waals surface area contributed by atoms with Crippen molar-refractivity contribution in [3.05, 3.63) is 17.0 Å². The van der Waals surface area contributed by atoms with Crippen LogP contribution in [0.1, 0.15) is 30.8 Å². The number of aromatic amines is 1. The first-order valence-corrected chi connectivity index (χ1v) is 4.35. The van der Waals surface area contributed by atoms with Gasteiger partial charge in [0.2, 0.25) is 0 Å². The molecule has 0 aliphatic rings. The fourth-order valence-electron chi connectivity index (χ4n) is 1.14. The number of H-pyrrole nitrogens is 1. The molecule has 0 saturated carbocycles. The third-order valence-electron chi connectivity index (χ3n) is 1.97. The van der Waals surface area contributed by atoms with Crippen molar-refractivity contribution in [2.75, 3.05) is 0 Å². The fraction of sp³-hybridized carbons (Fsp3) is 0.667. The second-order valence-corrected chi connectivity index (χ2v) is 3.45. The van der Waals surface area contributed by atoms with Gasteiger partial charge < -0.3 is 5.32 Å². The quantitative estimate of drug-likeness (QED) is 0.716. The molecule has 3 nitrogen and oxygen atoms in total. The van der Waals surface area contributed by atoms with E-state index in [1.54, 1.807) is 0 Å². The Morgan fingerprint density at radius 3 is 2.50 bits per heavy atom. The number of aromatic nitrogens is 2. The number of nitrogens with one attached hydrogen (secondary N) is 2. The first kappa shape index (κ1) is 9.26. The van der Waals surface area contributed by atoms with Crippen LogP contribution >= 0.6 is 0 Å². The maximum Gasteiger partial charge on any atom is 0.0638 e. The molecule has 1 rings (SSSR count). The van der Waals surface area contributed by atoms with E-state index < -0.39 is 0 Å². The summed E-state index contributed by atoms with van der Waals surface area (Å²) in [5.74, 6) is 0. The van der Waals surface area contributed by atoms with E-state index in [0.717, 1.165) is 12.2 Å². The molecule has 0 atom stereocenters. The van der Waals surface area contributed by atoms with Crippen molar-refractivity contribution in [3.63, 3.8) is 0 Å². The molecule has 0 aliphatic heterocycles. The lowest BCUT2D eigenvalue weighted by molar-refractivity contribution is 0.586. The summed E-state index contributed by atoms with van der Waals surface area (Å²) >= 11 is 0. The SMILES string of the molecule is Cc1n[nH]c(C)c1CNC(C)C. The van der Waals surface area contributed by atoms with Gasteiger partial charge in [-0.05, 0) is 13.8 Å². The van der Waals surface area contributed by atoms with Gasteiger partial charge in [-0.25, -0.2) is 0 Å². The van der Waals surface area contributed by atoms with Crippen LogP contribution in [-0.2, 0) is 6.54 Å². The van der Waals surface area contributed by atoms with E-state index in [1.807, 2.05) is 6.92 Å². The average Bonchev–Trinajstić information content (AvgIpc) is 2.28. The molecule has 2 N–H and O–H groups in total. The second kappa shape index (κ2) is 3.72. The summed E-state index contributed by atoms with van der Waals surface area (Å²) in [4.78, 5) is 0. The summed E-state index contributed by atoms with van der Waals surface area (Å²) in [6.07, 6.45) is 0. The maximum atomic E-state index is 4.13. The molecule has 0 radical (unpaired) electrons. The minimum Gasteiger partial charge on any atom is -0.310 e. The van der Waals surface area contributed by atoms with Crippen molar-refractivity contribution in [2.45, 2.75) is 40.3 Å². The Morgan fingerprint density at radius 1 is 1.42 bits per heavy atom. The highest BCUT2D eigenvalue weighted by Gasteiger charge is 2.05. The van der Waals surface area contributed by atoms with Gasteiger partial charge in [-0.2, -0.15) is 5.10 Å². The molecule has 1 aromatic rings. The molecule has 0 aromatic carbocycles. The number of nitrogens with zero attached hydrogens (tertiary/aromatic N) is 1. The van der Waals surface area contributed by atoms with Gasteiger partial charge in [0.25, 0.3) is 0 Å². The zero-order chi connectivity index (χ0) is 9.14. The lowest BCUT2D eigenvalue weighted by atomic mass is 10.2. The van der Waals surface area contributed by atoms with Gasteiger partial charge in [-0.15, -0.1) is 0 Å². The predicted octanol–water partition coefficient (Wildman–Crippen LogP) is 1.52. The Morgan fingerprint density at radius 2 is 2.08 bits per heavy atom. The highest BCUT2D eigenvalue weighted by molar-refractivity contribution is 5.22. The van der Waals surface area contributed by atoms with Gasteiger partial charge in [0, 0.05) is 23.8 Å². The largest absolute Gasteiger partial charge is 0.310 e. The summed E-state index contributed by atoms with van der Waals surface area (Å²) in [6, 6.07) is 0.527. The Kier molecular flexibility index (Phi) is 2.87. The second-order valence-electron chi connectivity index (χ2n) is 3.45. The average molecular weight is 167 g/mol. The maximum absolute atomic E-state index is 4.13. The molecule has 3 heteroatoms. The topological polar surface area (TPSA) is 40.7 Å². The van der Waals surface area contributed by atoms with Crippen LogP contribution < -0.4 is 5.32 Å². The fourth-order valence-corrected chi connectivity index (χ4v) is 1.14. The van der Waals surface area contributed by atoms with Crippen LogP contribution in [0.15, 0.2) is 0 Å². The van der Waals surface area contributed by atoms with E-state index in [1.165, 1.54) is 11.3 Å². The van der Waals surface area contributed by atoms with E-state index in [9.17, 15) is 0 Å². The van der Waals surface area contributed by atoms with Gasteiger partial charge in [-0.1, -0.05) is 13.8 Å². The standard InChI is InChI=1S/C9H17N3/c1-6(2)10-5-9-7(3)11-12-8(9)4/h6,10H,5H2,1-4H3,(H,11,12). The first-order chi connectivity index (χ1) is 5.61. The molecule has 0 saturated heterocycles. The van der Waals surface area contributed by atoms with E-state index in [2.05, 4.69) is 36.3 Å². The van der Waals surface area contributed by atoms with Crippen LogP contribution in [0.3, 0.4) is 0 Å². The van der Waals surface area contributed by atoms with Crippen molar-refractivity contribution in [1.29, 1.82) is 0 Å². The minimum absolute atomic E-state index is 0.527. The third-order valence-corrected chi connectivity index (χ3v) is 1.97. The van der Waals surface area contributed by atoms with Crippen LogP contribution in [0.25, 0.3) is 0 Å². The smallest absolute Gasteiger partial charge is 0.0638 e. The molecular weight excluding hydrogens is 150 g/mol. The third kappa shape index (κ3) is 2.08. The zero-order valence-electron chi connectivity index (χ0n) is 8.23. The van der Waals surface area contributed by atoms with Gasteiger partial charge in [0.05, 0.1) is 5.69 Å². The van der Waals surface area contributed by atoms with Gasteiger partial charge >= 0.3 is 0 Å². The Hall–Kier alpha value is -0.830. The molecule has 68 valence electrons. The summed E-state index contributed by atoms with van der Waals surface area (Å²) in [5.41, 5.74) is 3.56. The number of aryl methyl sites for hydroxylation is 2. The van der Waals surface area contributed by atoms with Crippen molar-refractivity contribution in [2.24, 2.45) is 0 Å². The molecule has 0 bridgehead atoms.